The van der Waals surface area contributed by atoms with Crippen LogP contribution in [0.15, 0.2) is 146 Å². The molecule has 0 fully saturated rings. The molecule has 0 aliphatic rings. The fraction of sp³-hybridized carbons (Fsp3) is 0.200. The summed E-state index contributed by atoms with van der Waals surface area (Å²) < 4.78 is 0. The number of hydrogen-bond donors (Lipinski definition) is 0. The lowest BCUT2D eigenvalue weighted by Gasteiger charge is -2.28. The van der Waals surface area contributed by atoms with Crippen LogP contribution in [0.4, 0.5) is 34.1 Å². The molecule has 2 nitrogen and oxygen atoms in total. The van der Waals surface area contributed by atoms with Gasteiger partial charge in [0.15, 0.2) is 0 Å². The Hall–Kier alpha value is -5.08. The highest BCUT2D eigenvalue weighted by atomic mass is 15.1. The van der Waals surface area contributed by atoms with Crippen LogP contribution in [0.1, 0.15) is 59.6 Å². The highest BCUT2D eigenvalue weighted by Crippen LogP contribution is 2.39. The second-order valence-corrected chi connectivity index (χ2v) is 13.4. The van der Waals surface area contributed by atoms with Gasteiger partial charge in [0.1, 0.15) is 0 Å². The van der Waals surface area contributed by atoms with Gasteiger partial charge in [0.2, 0.25) is 0 Å². The maximum absolute atomic E-state index is 2.35. The number of anilines is 6. The molecule has 0 amide bonds. The third-order valence-electron chi connectivity index (χ3n) is 8.98. The Labute approximate surface area is 282 Å². The summed E-state index contributed by atoms with van der Waals surface area (Å²) in [5, 5.41) is 0. The van der Waals surface area contributed by atoms with Crippen molar-refractivity contribution in [1.82, 2.24) is 0 Å². The zero-order valence-corrected chi connectivity index (χ0v) is 28.6. The molecule has 0 N–H and O–H groups in total. The van der Waals surface area contributed by atoms with Crippen molar-refractivity contribution < 1.29 is 0 Å². The predicted octanol–water partition coefficient (Wildman–Crippen LogP) is 13.0. The second-order valence-electron chi connectivity index (χ2n) is 13.4. The van der Waals surface area contributed by atoms with E-state index in [4.69, 9.17) is 0 Å². The van der Waals surface area contributed by atoms with E-state index in [0.29, 0.717) is 11.8 Å². The van der Waals surface area contributed by atoms with Gasteiger partial charge < -0.3 is 9.80 Å². The van der Waals surface area contributed by atoms with Gasteiger partial charge in [-0.05, 0) is 124 Å². The second kappa shape index (κ2) is 14.1. The summed E-state index contributed by atoms with van der Waals surface area (Å²) in [5.41, 5.74) is 14.7. The van der Waals surface area contributed by atoms with Crippen LogP contribution in [0, 0.1) is 33.6 Å². The van der Waals surface area contributed by atoms with Crippen molar-refractivity contribution in [2.45, 2.75) is 53.9 Å². The van der Waals surface area contributed by atoms with Crippen LogP contribution in [-0.2, 0) is 0 Å². The molecule has 0 radical (unpaired) electrons. The van der Waals surface area contributed by atoms with Crippen LogP contribution in [-0.4, -0.2) is 0 Å². The minimum atomic E-state index is 0.303. The summed E-state index contributed by atoms with van der Waals surface area (Å²) in [5.74, 6) is 0.866. The molecule has 0 aliphatic heterocycles. The van der Waals surface area contributed by atoms with E-state index in [2.05, 4.69) is 197 Å². The van der Waals surface area contributed by atoms with Crippen LogP contribution < -0.4 is 9.80 Å². The van der Waals surface area contributed by atoms with Crippen LogP contribution in [0.25, 0.3) is 0 Å². The molecule has 0 saturated carbocycles. The van der Waals surface area contributed by atoms with Crippen molar-refractivity contribution >= 4 is 34.1 Å². The van der Waals surface area contributed by atoms with Crippen molar-refractivity contribution in [1.29, 1.82) is 0 Å². The summed E-state index contributed by atoms with van der Waals surface area (Å²) in [6, 6.07) is 53.6. The van der Waals surface area contributed by atoms with E-state index in [1.807, 2.05) is 0 Å². The number of rotatable bonds is 10. The lowest BCUT2D eigenvalue weighted by Crippen LogP contribution is -2.11. The van der Waals surface area contributed by atoms with Gasteiger partial charge in [-0.1, -0.05) is 109 Å². The molecule has 236 valence electrons. The molecule has 0 saturated heterocycles. The lowest BCUT2D eigenvalue weighted by molar-refractivity contribution is 0.541. The van der Waals surface area contributed by atoms with Gasteiger partial charge in [-0.2, -0.15) is 0 Å². The van der Waals surface area contributed by atoms with Gasteiger partial charge in [0, 0.05) is 40.0 Å². The van der Waals surface area contributed by atoms with Crippen LogP contribution in [0.5, 0.6) is 0 Å². The van der Waals surface area contributed by atoms with Crippen LogP contribution in [0.3, 0.4) is 0 Å². The maximum atomic E-state index is 2.35. The zero-order valence-electron chi connectivity index (χ0n) is 28.6. The van der Waals surface area contributed by atoms with E-state index in [1.165, 1.54) is 33.4 Å². The average Bonchev–Trinajstić information content (AvgIpc) is 3.08. The Morgan fingerprint density at radius 1 is 0.340 bits per heavy atom. The first-order chi connectivity index (χ1) is 22.7. The van der Waals surface area contributed by atoms with Crippen molar-refractivity contribution in [3.8, 4) is 0 Å². The molecule has 0 aromatic heterocycles. The highest BCUT2D eigenvalue weighted by Gasteiger charge is 2.19. The first-order valence-corrected chi connectivity index (χ1v) is 16.8. The molecule has 2 heteroatoms. The SMILES string of the molecule is Cc1ccc(N(c2ccc(C)cc2)c2ccc(C(CC(C)C)c3ccc(N(c4ccc(C)cc4)c4ccc(C)cc4)cc3)cc2)cc1. The smallest absolute Gasteiger partial charge is 0.0461 e. The molecule has 0 spiro atoms. The quantitative estimate of drug-likeness (QED) is 0.151. The average molecular weight is 615 g/mol. The van der Waals surface area contributed by atoms with Gasteiger partial charge >= 0.3 is 0 Å². The van der Waals surface area contributed by atoms with Crippen LogP contribution >= 0.6 is 0 Å². The molecular formula is C45H46N2. The molecule has 0 aliphatic carbocycles. The first kappa shape index (κ1) is 31.9. The van der Waals surface area contributed by atoms with Crippen LogP contribution in [0.2, 0.25) is 0 Å². The van der Waals surface area contributed by atoms with Gasteiger partial charge in [0.25, 0.3) is 0 Å². The standard InChI is InChI=1S/C45H46N2/c1-32(2)31-45(37-15-27-43(28-16-37)46(39-19-7-33(3)8-20-39)40-21-9-34(4)10-22-40)38-17-29-44(30-18-38)47(41-23-11-35(5)12-24-41)42-25-13-36(6)14-26-42/h7-30,32,45H,31H2,1-6H3. The topological polar surface area (TPSA) is 6.48 Å². The molecule has 6 aromatic rings. The Morgan fingerprint density at radius 3 is 0.766 bits per heavy atom. The Balaban J connectivity index is 1.34. The fourth-order valence-electron chi connectivity index (χ4n) is 6.32. The molecule has 6 aromatic carbocycles. The molecule has 47 heavy (non-hydrogen) atoms. The van der Waals surface area contributed by atoms with Gasteiger partial charge in [-0.15, -0.1) is 0 Å². The third-order valence-corrected chi connectivity index (χ3v) is 8.98. The van der Waals surface area contributed by atoms with Gasteiger partial charge in [0.05, 0.1) is 0 Å². The van der Waals surface area contributed by atoms with Crippen molar-refractivity contribution in [3.05, 3.63) is 179 Å². The minimum Gasteiger partial charge on any atom is -0.311 e. The fourth-order valence-corrected chi connectivity index (χ4v) is 6.32. The maximum Gasteiger partial charge on any atom is 0.0461 e. The monoisotopic (exact) mass is 614 g/mol. The highest BCUT2D eigenvalue weighted by molar-refractivity contribution is 5.78. The molecular weight excluding hydrogens is 569 g/mol. The molecule has 6 rings (SSSR count). The summed E-state index contributed by atoms with van der Waals surface area (Å²) in [4.78, 5) is 4.69. The Kier molecular flexibility index (Phi) is 9.59. The van der Waals surface area contributed by atoms with E-state index >= 15 is 0 Å². The number of nitrogens with zero attached hydrogens (tertiary/aromatic N) is 2. The summed E-state index contributed by atoms with van der Waals surface area (Å²) in [6.45, 7) is 13.2. The first-order valence-electron chi connectivity index (χ1n) is 16.8. The van der Waals surface area contributed by atoms with Crippen molar-refractivity contribution in [2.75, 3.05) is 9.80 Å². The third kappa shape index (κ3) is 7.50. The molecule has 0 bridgehead atoms. The largest absolute Gasteiger partial charge is 0.311 e. The summed E-state index contributed by atoms with van der Waals surface area (Å²) in [6.07, 6.45) is 1.08. The van der Waals surface area contributed by atoms with Crippen molar-refractivity contribution in [3.63, 3.8) is 0 Å². The number of benzene rings is 6. The normalized spacial score (nSPS) is 11.2. The predicted molar refractivity (Wildman–Crippen MR) is 202 cm³/mol. The molecule has 0 heterocycles. The number of hydrogen-bond acceptors (Lipinski definition) is 2. The Bertz CT molecular complexity index is 1640. The van der Waals surface area contributed by atoms with E-state index in [1.54, 1.807) is 0 Å². The molecule has 0 atom stereocenters. The van der Waals surface area contributed by atoms with E-state index in [9.17, 15) is 0 Å². The Morgan fingerprint density at radius 2 is 0.553 bits per heavy atom. The summed E-state index contributed by atoms with van der Waals surface area (Å²) in [7, 11) is 0. The van der Waals surface area contributed by atoms with Gasteiger partial charge in [-0.3, -0.25) is 0 Å². The molecule has 0 unspecified atom stereocenters. The lowest BCUT2D eigenvalue weighted by atomic mass is 9.84. The minimum absolute atomic E-state index is 0.303. The van der Waals surface area contributed by atoms with Crippen molar-refractivity contribution in [2.24, 2.45) is 5.92 Å². The van der Waals surface area contributed by atoms with Gasteiger partial charge in [-0.25, -0.2) is 0 Å². The van der Waals surface area contributed by atoms with E-state index in [-0.39, 0.29) is 0 Å². The summed E-state index contributed by atoms with van der Waals surface area (Å²) >= 11 is 0. The van der Waals surface area contributed by atoms with E-state index in [0.717, 1.165) is 40.5 Å². The zero-order chi connectivity index (χ0) is 32.9. The van der Waals surface area contributed by atoms with E-state index < -0.39 is 0 Å². The number of aryl methyl sites for hydroxylation is 4.